The molecule has 1 amide bonds. The number of nitrogens with one attached hydrogen (secondary N) is 1. The molecule has 1 aliphatic rings. The molecule has 3 nitrogen and oxygen atoms in total. The first-order valence-electron chi connectivity index (χ1n) is 8.02. The second-order valence-electron chi connectivity index (χ2n) is 5.89. The van der Waals surface area contributed by atoms with E-state index in [1.807, 2.05) is 17.0 Å². The van der Waals surface area contributed by atoms with Crippen LogP contribution in [0.25, 0.3) is 0 Å². The first-order chi connectivity index (χ1) is 11.2. The fourth-order valence-corrected chi connectivity index (χ4v) is 2.90. The lowest BCUT2D eigenvalue weighted by molar-refractivity contribution is -0.131. The van der Waals surface area contributed by atoms with Crippen LogP contribution < -0.4 is 5.32 Å². The molecule has 120 valence electrons. The Morgan fingerprint density at radius 2 is 1.83 bits per heavy atom. The zero-order valence-electron chi connectivity index (χ0n) is 13.1. The number of carbonyl (C=O) groups excluding carboxylic acids is 1. The molecule has 1 aliphatic heterocycles. The van der Waals surface area contributed by atoms with Gasteiger partial charge < -0.3 is 10.2 Å². The first-order valence-corrected chi connectivity index (χ1v) is 8.02. The standard InChI is InChI=1S/C19H21FN2O/c20-18-7-5-15(6-8-18)9-11-21-13-19(23)22-12-10-16-3-1-2-4-17(16)14-22/h1-8,21H,9-14H2. The molecule has 1 N–H and O–H groups in total. The van der Waals surface area contributed by atoms with E-state index in [0.29, 0.717) is 19.6 Å². The molecule has 0 radical (unpaired) electrons. The molecule has 0 bridgehead atoms. The third-order valence-corrected chi connectivity index (χ3v) is 4.26. The van der Waals surface area contributed by atoms with Gasteiger partial charge in [-0.1, -0.05) is 36.4 Å². The van der Waals surface area contributed by atoms with E-state index in [-0.39, 0.29) is 11.7 Å². The van der Waals surface area contributed by atoms with Gasteiger partial charge in [0.15, 0.2) is 0 Å². The number of amides is 1. The summed E-state index contributed by atoms with van der Waals surface area (Å²) in [5, 5.41) is 3.18. The van der Waals surface area contributed by atoms with Gasteiger partial charge in [0.2, 0.25) is 5.91 Å². The van der Waals surface area contributed by atoms with Crippen molar-refractivity contribution in [2.24, 2.45) is 0 Å². The maximum absolute atomic E-state index is 12.8. The molecule has 23 heavy (non-hydrogen) atoms. The molecule has 0 spiro atoms. The van der Waals surface area contributed by atoms with Gasteiger partial charge in [-0.2, -0.15) is 0 Å². The van der Waals surface area contributed by atoms with E-state index >= 15 is 0 Å². The number of nitrogens with zero attached hydrogens (tertiary/aromatic N) is 1. The minimum atomic E-state index is -0.220. The average Bonchev–Trinajstić information content (AvgIpc) is 2.59. The van der Waals surface area contributed by atoms with E-state index in [0.717, 1.165) is 24.9 Å². The highest BCUT2D eigenvalue weighted by Gasteiger charge is 2.19. The number of benzene rings is 2. The van der Waals surface area contributed by atoms with Crippen molar-refractivity contribution >= 4 is 5.91 Å². The smallest absolute Gasteiger partial charge is 0.236 e. The molecule has 0 aliphatic carbocycles. The van der Waals surface area contributed by atoms with E-state index in [2.05, 4.69) is 17.4 Å². The van der Waals surface area contributed by atoms with Crippen molar-refractivity contribution in [3.8, 4) is 0 Å². The van der Waals surface area contributed by atoms with Crippen LogP contribution in [0.3, 0.4) is 0 Å². The van der Waals surface area contributed by atoms with Gasteiger partial charge in [0.05, 0.1) is 6.54 Å². The molecular weight excluding hydrogens is 291 g/mol. The topological polar surface area (TPSA) is 32.3 Å². The Balaban J connectivity index is 1.42. The first kappa shape index (κ1) is 15.7. The molecule has 3 rings (SSSR count). The van der Waals surface area contributed by atoms with Crippen molar-refractivity contribution in [2.75, 3.05) is 19.6 Å². The second-order valence-corrected chi connectivity index (χ2v) is 5.89. The Kier molecular flexibility index (Phi) is 5.03. The molecule has 0 atom stereocenters. The SMILES string of the molecule is O=C(CNCCc1ccc(F)cc1)N1CCc2ccccc2C1. The van der Waals surface area contributed by atoms with E-state index < -0.39 is 0 Å². The van der Waals surface area contributed by atoms with Crippen molar-refractivity contribution in [3.63, 3.8) is 0 Å². The number of fused-ring (bicyclic) bond motifs is 1. The van der Waals surface area contributed by atoms with Gasteiger partial charge in [-0.25, -0.2) is 4.39 Å². The summed E-state index contributed by atoms with van der Waals surface area (Å²) < 4.78 is 12.8. The van der Waals surface area contributed by atoms with Crippen molar-refractivity contribution in [3.05, 3.63) is 71.0 Å². The lowest BCUT2D eigenvalue weighted by atomic mass is 10.00. The number of rotatable bonds is 5. The Labute approximate surface area is 136 Å². The van der Waals surface area contributed by atoms with Gasteiger partial charge >= 0.3 is 0 Å². The Morgan fingerprint density at radius 3 is 2.61 bits per heavy atom. The van der Waals surface area contributed by atoms with Gasteiger partial charge in [0, 0.05) is 13.1 Å². The number of halogens is 1. The Hall–Kier alpha value is -2.20. The van der Waals surface area contributed by atoms with E-state index in [1.54, 1.807) is 12.1 Å². The Morgan fingerprint density at radius 1 is 1.09 bits per heavy atom. The van der Waals surface area contributed by atoms with Gasteiger partial charge in [-0.15, -0.1) is 0 Å². The van der Waals surface area contributed by atoms with Crippen LogP contribution in [0.4, 0.5) is 4.39 Å². The van der Waals surface area contributed by atoms with Crippen LogP contribution in [0.5, 0.6) is 0 Å². The van der Waals surface area contributed by atoms with Crippen molar-refractivity contribution in [1.29, 1.82) is 0 Å². The highest BCUT2D eigenvalue weighted by Crippen LogP contribution is 2.18. The van der Waals surface area contributed by atoms with E-state index in [4.69, 9.17) is 0 Å². The average molecular weight is 312 g/mol. The number of carbonyl (C=O) groups is 1. The summed E-state index contributed by atoms with van der Waals surface area (Å²) in [5.41, 5.74) is 3.66. The molecule has 4 heteroatoms. The summed E-state index contributed by atoms with van der Waals surface area (Å²) in [5.74, 6) is -0.0825. The monoisotopic (exact) mass is 312 g/mol. The predicted octanol–water partition coefficient (Wildman–Crippen LogP) is 2.54. The maximum Gasteiger partial charge on any atom is 0.236 e. The van der Waals surface area contributed by atoms with Crippen LogP contribution in [0.2, 0.25) is 0 Å². The maximum atomic E-state index is 12.8. The number of hydrogen-bond donors (Lipinski definition) is 1. The van der Waals surface area contributed by atoms with Gasteiger partial charge in [0.25, 0.3) is 0 Å². The van der Waals surface area contributed by atoms with Crippen LogP contribution in [0, 0.1) is 5.82 Å². The van der Waals surface area contributed by atoms with Crippen LogP contribution in [0.15, 0.2) is 48.5 Å². The molecule has 1 heterocycles. The molecule has 0 fully saturated rings. The van der Waals surface area contributed by atoms with Crippen LogP contribution in [0.1, 0.15) is 16.7 Å². The van der Waals surface area contributed by atoms with Gasteiger partial charge in [-0.05, 0) is 48.2 Å². The summed E-state index contributed by atoms with van der Waals surface area (Å²) >= 11 is 0. The van der Waals surface area contributed by atoms with Crippen LogP contribution in [-0.4, -0.2) is 30.4 Å². The lowest BCUT2D eigenvalue weighted by Crippen LogP contribution is -2.41. The normalized spacial score (nSPS) is 13.7. The molecule has 0 saturated heterocycles. The fourth-order valence-electron chi connectivity index (χ4n) is 2.90. The summed E-state index contributed by atoms with van der Waals surface area (Å²) in [7, 11) is 0. The lowest BCUT2D eigenvalue weighted by Gasteiger charge is -2.29. The highest BCUT2D eigenvalue weighted by atomic mass is 19.1. The summed E-state index contributed by atoms with van der Waals surface area (Å²) in [6, 6.07) is 14.8. The summed E-state index contributed by atoms with van der Waals surface area (Å²) in [6.45, 7) is 2.55. The highest BCUT2D eigenvalue weighted by molar-refractivity contribution is 5.78. The van der Waals surface area contributed by atoms with Crippen LogP contribution >= 0.6 is 0 Å². The zero-order valence-corrected chi connectivity index (χ0v) is 13.1. The fraction of sp³-hybridized carbons (Fsp3) is 0.316. The quantitative estimate of drug-likeness (QED) is 0.861. The largest absolute Gasteiger partial charge is 0.337 e. The summed E-state index contributed by atoms with van der Waals surface area (Å²) in [4.78, 5) is 14.2. The van der Waals surface area contributed by atoms with E-state index in [1.165, 1.54) is 23.3 Å². The van der Waals surface area contributed by atoms with Crippen molar-refractivity contribution < 1.29 is 9.18 Å². The molecule has 0 aromatic heterocycles. The van der Waals surface area contributed by atoms with Crippen LogP contribution in [-0.2, 0) is 24.2 Å². The van der Waals surface area contributed by atoms with Gasteiger partial charge in [0.1, 0.15) is 5.82 Å². The van der Waals surface area contributed by atoms with Crippen molar-refractivity contribution in [2.45, 2.75) is 19.4 Å². The molecule has 0 saturated carbocycles. The minimum Gasteiger partial charge on any atom is -0.337 e. The molecule has 2 aromatic rings. The predicted molar refractivity (Wildman–Crippen MR) is 88.5 cm³/mol. The second kappa shape index (κ2) is 7.38. The molecular formula is C19H21FN2O. The third-order valence-electron chi connectivity index (χ3n) is 4.26. The van der Waals surface area contributed by atoms with Gasteiger partial charge in [-0.3, -0.25) is 4.79 Å². The van der Waals surface area contributed by atoms with E-state index in [9.17, 15) is 9.18 Å². The minimum absolute atomic E-state index is 0.138. The number of hydrogen-bond acceptors (Lipinski definition) is 2. The van der Waals surface area contributed by atoms with Crippen molar-refractivity contribution in [1.82, 2.24) is 10.2 Å². The molecule has 2 aromatic carbocycles. The zero-order chi connectivity index (χ0) is 16.1. The Bertz CT molecular complexity index is 669. The molecule has 0 unspecified atom stereocenters. The third kappa shape index (κ3) is 4.17. The summed E-state index contributed by atoms with van der Waals surface area (Å²) in [6.07, 6.45) is 1.72.